The van der Waals surface area contributed by atoms with Crippen LogP contribution in [0.5, 0.6) is 0 Å². The molecule has 0 aliphatic carbocycles. The van der Waals surface area contributed by atoms with Crippen LogP contribution in [0.25, 0.3) is 22.3 Å². The Morgan fingerprint density at radius 3 is 1.00 bits per heavy atom. The van der Waals surface area contributed by atoms with Crippen LogP contribution in [0.2, 0.25) is 0 Å². The van der Waals surface area contributed by atoms with E-state index >= 15 is 0 Å². The van der Waals surface area contributed by atoms with Gasteiger partial charge in [0.15, 0.2) is 0 Å². The van der Waals surface area contributed by atoms with Gasteiger partial charge in [-0.05, 0) is 0 Å². The van der Waals surface area contributed by atoms with Crippen LogP contribution in [0.1, 0.15) is 0 Å². The summed E-state index contributed by atoms with van der Waals surface area (Å²) in [5.41, 5.74) is 5.19. The van der Waals surface area contributed by atoms with E-state index in [0.717, 1.165) is 0 Å². The first-order chi connectivity index (χ1) is 12.9. The standard InChI is InChI=1S/C16H12.2C5H5.2Fe/c1-2-8-13(7-1)15-11-5-6-12-16(15)14-9-3-4-10-14;2*1-2-4-5-3-1;;/h1-12H;2*1-5H;;/q-2;2*-1;2*+2. The molecule has 0 amide bonds. The smallest absolute Gasteiger partial charge is 0.214 e. The van der Waals surface area contributed by atoms with Gasteiger partial charge in [0.2, 0.25) is 0 Å². The maximum atomic E-state index is 2.18. The predicted octanol–water partition coefficient (Wildman–Crippen LogP) is 7.26. The average molecular weight is 446 g/mol. The molecule has 0 saturated heterocycles. The number of rotatable bonds is 2. The molecule has 0 aliphatic heterocycles. The third-order valence-corrected chi connectivity index (χ3v) is 3.99. The second kappa shape index (κ2) is 13.8. The SMILES string of the molecule is [Fe+2].[Fe+2].c1cc[cH-]c1.c1cc[cH-]c1.c1ccc(-[c-]2cccc2)c(-[c-]2cccc2)c1. The van der Waals surface area contributed by atoms with Crippen molar-refractivity contribution in [3.63, 3.8) is 0 Å². The fraction of sp³-hybridized carbons (Fsp3) is 0. The van der Waals surface area contributed by atoms with Crippen LogP contribution < -0.4 is 0 Å². The molecule has 5 rings (SSSR count). The first-order valence-electron chi connectivity index (χ1n) is 8.82. The average Bonchev–Trinajstić information content (AvgIpc) is 3.50. The van der Waals surface area contributed by atoms with Crippen LogP contribution in [0.4, 0.5) is 0 Å². The topological polar surface area (TPSA) is 0 Å². The zero-order valence-corrected chi connectivity index (χ0v) is 17.6. The van der Waals surface area contributed by atoms with Crippen LogP contribution in [0, 0.1) is 0 Å². The summed E-state index contributed by atoms with van der Waals surface area (Å²) in [5, 5.41) is 0. The second-order valence-electron chi connectivity index (χ2n) is 5.82. The molecule has 0 heterocycles. The van der Waals surface area contributed by atoms with Crippen molar-refractivity contribution in [3.8, 4) is 22.3 Å². The molecule has 5 aromatic rings. The van der Waals surface area contributed by atoms with Gasteiger partial charge in [-0.25, -0.2) is 24.3 Å². The van der Waals surface area contributed by atoms with Crippen LogP contribution in [0.3, 0.4) is 0 Å². The fourth-order valence-electron chi connectivity index (χ4n) is 2.74. The molecular weight excluding hydrogens is 424 g/mol. The van der Waals surface area contributed by atoms with E-state index in [1.807, 2.05) is 60.7 Å². The predicted molar refractivity (Wildman–Crippen MR) is 113 cm³/mol. The van der Waals surface area contributed by atoms with Gasteiger partial charge >= 0.3 is 34.1 Å². The first-order valence-corrected chi connectivity index (χ1v) is 8.82. The van der Waals surface area contributed by atoms with E-state index in [1.165, 1.54) is 22.3 Å². The number of benzene rings is 1. The quantitative estimate of drug-likeness (QED) is 0.198. The largest absolute Gasteiger partial charge is 2.00 e. The molecule has 0 spiro atoms. The molecule has 28 heavy (non-hydrogen) atoms. The molecule has 0 bridgehead atoms. The van der Waals surface area contributed by atoms with Gasteiger partial charge in [0.1, 0.15) is 0 Å². The Balaban J connectivity index is 0.000000271. The van der Waals surface area contributed by atoms with Crippen LogP contribution >= 0.6 is 0 Å². The van der Waals surface area contributed by atoms with E-state index in [1.54, 1.807) is 0 Å². The molecule has 0 unspecified atom stereocenters. The molecule has 142 valence electrons. The molecule has 0 aromatic heterocycles. The summed E-state index contributed by atoms with van der Waals surface area (Å²) in [6, 6.07) is 45.5. The monoisotopic (exact) mass is 446 g/mol. The molecule has 0 nitrogen and oxygen atoms in total. The van der Waals surface area contributed by atoms with E-state index in [0.29, 0.717) is 0 Å². The van der Waals surface area contributed by atoms with Crippen molar-refractivity contribution in [1.82, 2.24) is 0 Å². The molecule has 0 aliphatic rings. The normalized spacial score (nSPS) is 8.86. The minimum absolute atomic E-state index is 0. The van der Waals surface area contributed by atoms with Crippen molar-refractivity contribution in [2.45, 2.75) is 0 Å². The van der Waals surface area contributed by atoms with Crippen molar-refractivity contribution >= 4 is 0 Å². The Labute approximate surface area is 189 Å². The minimum atomic E-state index is 0. The summed E-state index contributed by atoms with van der Waals surface area (Å²) in [5.74, 6) is 0. The Hall–Kier alpha value is -2.34. The molecule has 2 heteroatoms. The molecule has 0 radical (unpaired) electrons. The summed E-state index contributed by atoms with van der Waals surface area (Å²) < 4.78 is 0. The summed E-state index contributed by atoms with van der Waals surface area (Å²) >= 11 is 0. The Morgan fingerprint density at radius 2 is 0.750 bits per heavy atom. The fourth-order valence-corrected chi connectivity index (χ4v) is 2.74. The van der Waals surface area contributed by atoms with E-state index in [4.69, 9.17) is 0 Å². The maximum Gasteiger partial charge on any atom is 2.00 e. The Morgan fingerprint density at radius 1 is 0.429 bits per heavy atom. The van der Waals surface area contributed by atoms with Crippen LogP contribution in [-0.2, 0) is 34.1 Å². The summed E-state index contributed by atoms with van der Waals surface area (Å²) in [6.07, 6.45) is 0. The van der Waals surface area contributed by atoms with Gasteiger partial charge < -0.3 is 0 Å². The third kappa shape index (κ3) is 7.35. The molecule has 0 atom stereocenters. The zero-order chi connectivity index (χ0) is 17.9. The Bertz CT molecular complexity index is 797. The maximum absolute atomic E-state index is 2.18. The van der Waals surface area contributed by atoms with Gasteiger partial charge in [-0.15, -0.1) is 47.5 Å². The van der Waals surface area contributed by atoms with Gasteiger partial charge in [-0.3, -0.25) is 0 Å². The summed E-state index contributed by atoms with van der Waals surface area (Å²) in [7, 11) is 0. The van der Waals surface area contributed by atoms with Gasteiger partial charge in [0, 0.05) is 0 Å². The van der Waals surface area contributed by atoms with E-state index in [9.17, 15) is 0 Å². The van der Waals surface area contributed by atoms with Crippen molar-refractivity contribution in [2.24, 2.45) is 0 Å². The van der Waals surface area contributed by atoms with Gasteiger partial charge in [0.05, 0.1) is 0 Å². The van der Waals surface area contributed by atoms with Gasteiger partial charge in [0.25, 0.3) is 0 Å². The number of hydrogen-bond donors (Lipinski definition) is 0. The molecule has 0 N–H and O–H groups in total. The van der Waals surface area contributed by atoms with Crippen molar-refractivity contribution in [1.29, 1.82) is 0 Å². The summed E-state index contributed by atoms with van der Waals surface area (Å²) in [6.45, 7) is 0. The summed E-state index contributed by atoms with van der Waals surface area (Å²) in [4.78, 5) is 0. The number of hydrogen-bond acceptors (Lipinski definition) is 0. The van der Waals surface area contributed by atoms with Crippen LogP contribution in [0.15, 0.2) is 133 Å². The molecule has 0 fully saturated rings. The van der Waals surface area contributed by atoms with E-state index in [-0.39, 0.29) is 34.1 Å². The van der Waals surface area contributed by atoms with Gasteiger partial charge in [-0.2, -0.15) is 83.9 Å². The zero-order valence-electron chi connectivity index (χ0n) is 15.4. The van der Waals surface area contributed by atoms with Crippen molar-refractivity contribution < 1.29 is 34.1 Å². The molecular formula is C26H22Fe2. The second-order valence-corrected chi connectivity index (χ2v) is 5.82. The molecule has 5 aromatic carbocycles. The van der Waals surface area contributed by atoms with Crippen molar-refractivity contribution in [3.05, 3.63) is 133 Å². The molecule has 0 saturated carbocycles. The van der Waals surface area contributed by atoms with Crippen LogP contribution in [-0.4, -0.2) is 0 Å². The Kier molecular flexibility index (Phi) is 11.7. The van der Waals surface area contributed by atoms with E-state index in [2.05, 4.69) is 72.8 Å². The third-order valence-electron chi connectivity index (χ3n) is 3.99. The van der Waals surface area contributed by atoms with Crippen molar-refractivity contribution in [2.75, 3.05) is 0 Å². The minimum Gasteiger partial charge on any atom is -0.214 e. The first kappa shape index (κ1) is 23.7. The van der Waals surface area contributed by atoms with Gasteiger partial charge in [-0.1, -0.05) is 0 Å². The van der Waals surface area contributed by atoms with E-state index < -0.39 is 0 Å².